The first-order valence-corrected chi connectivity index (χ1v) is 7.60. The predicted octanol–water partition coefficient (Wildman–Crippen LogP) is 3.69. The topological polar surface area (TPSA) is 47.3 Å². The van der Waals surface area contributed by atoms with Gasteiger partial charge in [0.15, 0.2) is 0 Å². The maximum Gasteiger partial charge on any atom is 0.124 e. The van der Waals surface area contributed by atoms with Gasteiger partial charge in [-0.15, -0.1) is 11.3 Å². The van der Waals surface area contributed by atoms with Gasteiger partial charge in [0.25, 0.3) is 0 Å². The van der Waals surface area contributed by atoms with Crippen LogP contribution in [0.5, 0.6) is 5.75 Å². The zero-order valence-corrected chi connectivity index (χ0v) is 13.6. The second kappa shape index (κ2) is 6.05. The minimum absolute atomic E-state index is 0.0788. The van der Waals surface area contributed by atoms with Gasteiger partial charge in [-0.05, 0) is 58.4 Å². The highest BCUT2D eigenvalue weighted by molar-refractivity contribution is 9.10. The Balaban J connectivity index is 2.59. The molecule has 0 radical (unpaired) electrons. The summed E-state index contributed by atoms with van der Waals surface area (Å²) in [5.74, 6) is 6.64. The summed E-state index contributed by atoms with van der Waals surface area (Å²) in [6.07, 6.45) is 0. The molecule has 0 bridgehead atoms. The zero-order chi connectivity index (χ0) is 14.0. The average molecular weight is 341 g/mol. The summed E-state index contributed by atoms with van der Waals surface area (Å²) in [5.41, 5.74) is 6.33. The van der Waals surface area contributed by atoms with E-state index in [1.54, 1.807) is 18.4 Å². The number of nitrogens with one attached hydrogen (secondary N) is 1. The molecule has 0 fully saturated rings. The Hall–Kier alpha value is -0.880. The van der Waals surface area contributed by atoms with Crippen LogP contribution in [0.1, 0.15) is 27.6 Å². The predicted molar refractivity (Wildman–Crippen MR) is 83.7 cm³/mol. The monoisotopic (exact) mass is 340 g/mol. The number of hydrazine groups is 1. The number of thiophene rings is 1. The van der Waals surface area contributed by atoms with E-state index in [0.717, 1.165) is 20.7 Å². The van der Waals surface area contributed by atoms with E-state index in [2.05, 4.69) is 41.3 Å². The fourth-order valence-corrected chi connectivity index (χ4v) is 3.95. The van der Waals surface area contributed by atoms with Crippen molar-refractivity contribution in [1.29, 1.82) is 0 Å². The molecule has 1 atom stereocenters. The largest absolute Gasteiger partial charge is 0.496 e. The first-order chi connectivity index (χ1) is 9.08. The van der Waals surface area contributed by atoms with Crippen molar-refractivity contribution in [2.24, 2.45) is 5.84 Å². The molecule has 0 aliphatic heterocycles. The lowest BCUT2D eigenvalue weighted by Crippen LogP contribution is -2.29. The van der Waals surface area contributed by atoms with E-state index in [1.165, 1.54) is 11.1 Å². The van der Waals surface area contributed by atoms with Crippen LogP contribution in [0.3, 0.4) is 0 Å². The SMILES string of the molecule is COc1cc(C)cc(C)c1C(NN)c1sccc1Br. The van der Waals surface area contributed by atoms with Crippen LogP contribution >= 0.6 is 27.3 Å². The van der Waals surface area contributed by atoms with E-state index in [1.807, 2.05) is 17.5 Å². The van der Waals surface area contributed by atoms with Gasteiger partial charge in [0.2, 0.25) is 0 Å². The summed E-state index contributed by atoms with van der Waals surface area (Å²) >= 11 is 5.23. The lowest BCUT2D eigenvalue weighted by molar-refractivity contribution is 0.403. The van der Waals surface area contributed by atoms with Crippen LogP contribution in [-0.2, 0) is 0 Å². The lowest BCUT2D eigenvalue weighted by Gasteiger charge is -2.21. The van der Waals surface area contributed by atoms with E-state index in [4.69, 9.17) is 10.6 Å². The molecule has 1 heterocycles. The molecule has 0 aliphatic carbocycles. The van der Waals surface area contributed by atoms with E-state index < -0.39 is 0 Å². The highest BCUT2D eigenvalue weighted by Crippen LogP contribution is 2.38. The normalized spacial score (nSPS) is 12.5. The van der Waals surface area contributed by atoms with Crippen LogP contribution in [-0.4, -0.2) is 7.11 Å². The molecule has 102 valence electrons. The molecular weight excluding hydrogens is 324 g/mol. The van der Waals surface area contributed by atoms with Crippen LogP contribution in [0.4, 0.5) is 0 Å². The van der Waals surface area contributed by atoms with Crippen molar-refractivity contribution < 1.29 is 4.74 Å². The average Bonchev–Trinajstić information content (AvgIpc) is 2.78. The maximum absolute atomic E-state index is 5.78. The quantitative estimate of drug-likeness (QED) is 0.659. The Morgan fingerprint density at radius 2 is 2.11 bits per heavy atom. The van der Waals surface area contributed by atoms with E-state index in [-0.39, 0.29) is 6.04 Å². The Bertz CT molecular complexity index is 583. The summed E-state index contributed by atoms with van der Waals surface area (Å²) in [5, 5.41) is 2.04. The lowest BCUT2D eigenvalue weighted by atomic mass is 9.97. The first-order valence-electron chi connectivity index (χ1n) is 5.92. The van der Waals surface area contributed by atoms with Crippen LogP contribution in [0, 0.1) is 13.8 Å². The van der Waals surface area contributed by atoms with Crippen LogP contribution < -0.4 is 16.0 Å². The van der Waals surface area contributed by atoms with E-state index in [0.29, 0.717) is 0 Å². The number of nitrogens with two attached hydrogens (primary N) is 1. The molecular formula is C14H17BrN2OS. The van der Waals surface area contributed by atoms with Crippen molar-refractivity contribution in [2.45, 2.75) is 19.9 Å². The van der Waals surface area contributed by atoms with E-state index in [9.17, 15) is 0 Å². The molecule has 1 unspecified atom stereocenters. The molecule has 0 spiro atoms. The number of benzene rings is 1. The van der Waals surface area contributed by atoms with Crippen molar-refractivity contribution in [3.8, 4) is 5.75 Å². The Morgan fingerprint density at radius 1 is 1.37 bits per heavy atom. The maximum atomic E-state index is 5.78. The minimum atomic E-state index is -0.0788. The summed E-state index contributed by atoms with van der Waals surface area (Å²) < 4.78 is 6.58. The molecule has 5 heteroatoms. The third kappa shape index (κ3) is 2.84. The van der Waals surface area contributed by atoms with Crippen LogP contribution in [0.25, 0.3) is 0 Å². The molecule has 0 aliphatic rings. The van der Waals surface area contributed by atoms with Crippen molar-refractivity contribution >= 4 is 27.3 Å². The molecule has 1 aromatic carbocycles. The molecule has 2 aromatic rings. The van der Waals surface area contributed by atoms with Gasteiger partial charge >= 0.3 is 0 Å². The highest BCUT2D eigenvalue weighted by Gasteiger charge is 2.22. The molecule has 0 saturated carbocycles. The summed E-state index contributed by atoms with van der Waals surface area (Å²) in [4.78, 5) is 1.15. The minimum Gasteiger partial charge on any atom is -0.496 e. The fraction of sp³-hybridized carbons (Fsp3) is 0.286. The zero-order valence-electron chi connectivity index (χ0n) is 11.2. The van der Waals surface area contributed by atoms with Gasteiger partial charge in [-0.1, -0.05) is 6.07 Å². The second-order valence-electron chi connectivity index (χ2n) is 4.43. The number of halogens is 1. The Labute approximate surface area is 125 Å². The van der Waals surface area contributed by atoms with Crippen molar-refractivity contribution in [1.82, 2.24) is 5.43 Å². The Morgan fingerprint density at radius 3 is 2.63 bits per heavy atom. The van der Waals surface area contributed by atoms with Crippen LogP contribution in [0.2, 0.25) is 0 Å². The third-order valence-electron chi connectivity index (χ3n) is 3.08. The number of ether oxygens (including phenoxy) is 1. The van der Waals surface area contributed by atoms with Crippen molar-refractivity contribution in [3.05, 3.63) is 49.6 Å². The molecule has 0 saturated heterocycles. The first kappa shape index (κ1) is 14.5. The van der Waals surface area contributed by atoms with Gasteiger partial charge in [0.05, 0.1) is 13.2 Å². The van der Waals surface area contributed by atoms with Gasteiger partial charge in [0, 0.05) is 14.9 Å². The van der Waals surface area contributed by atoms with Crippen LogP contribution in [0.15, 0.2) is 28.1 Å². The second-order valence-corrected chi connectivity index (χ2v) is 6.23. The van der Waals surface area contributed by atoms with E-state index >= 15 is 0 Å². The highest BCUT2D eigenvalue weighted by atomic mass is 79.9. The standard InChI is InChI=1S/C14H17BrN2OS/c1-8-6-9(2)12(11(7-8)18-3)13(17-16)14-10(15)4-5-19-14/h4-7,13,17H,16H2,1-3H3. The van der Waals surface area contributed by atoms with Gasteiger partial charge < -0.3 is 4.74 Å². The fourth-order valence-electron chi connectivity index (χ4n) is 2.28. The Kier molecular flexibility index (Phi) is 4.62. The smallest absolute Gasteiger partial charge is 0.124 e. The number of aryl methyl sites for hydroxylation is 2. The summed E-state index contributed by atoms with van der Waals surface area (Å²) in [7, 11) is 1.69. The molecule has 3 nitrogen and oxygen atoms in total. The summed E-state index contributed by atoms with van der Waals surface area (Å²) in [6, 6.07) is 6.13. The summed E-state index contributed by atoms with van der Waals surface area (Å²) in [6.45, 7) is 4.14. The van der Waals surface area contributed by atoms with Crippen molar-refractivity contribution in [2.75, 3.05) is 7.11 Å². The molecule has 2 rings (SSSR count). The number of rotatable bonds is 4. The number of hydrogen-bond donors (Lipinski definition) is 2. The van der Waals surface area contributed by atoms with Gasteiger partial charge in [0.1, 0.15) is 5.75 Å². The molecule has 3 N–H and O–H groups in total. The van der Waals surface area contributed by atoms with Crippen molar-refractivity contribution in [3.63, 3.8) is 0 Å². The van der Waals surface area contributed by atoms with Gasteiger partial charge in [-0.3, -0.25) is 5.84 Å². The van der Waals surface area contributed by atoms with Gasteiger partial charge in [-0.25, -0.2) is 5.43 Å². The number of methoxy groups -OCH3 is 1. The molecule has 1 aromatic heterocycles. The van der Waals surface area contributed by atoms with Gasteiger partial charge in [-0.2, -0.15) is 0 Å². The molecule has 19 heavy (non-hydrogen) atoms. The number of hydrogen-bond acceptors (Lipinski definition) is 4. The third-order valence-corrected chi connectivity index (χ3v) is 5.01. The molecule has 0 amide bonds.